The monoisotopic (exact) mass is 696 g/mol. The van der Waals surface area contributed by atoms with Crippen molar-refractivity contribution in [2.24, 2.45) is 10.7 Å². The number of benzene rings is 1. The van der Waals surface area contributed by atoms with Crippen molar-refractivity contribution >= 4 is 30.0 Å². The van der Waals surface area contributed by atoms with Gasteiger partial charge in [0.25, 0.3) is 5.92 Å². The van der Waals surface area contributed by atoms with Gasteiger partial charge in [-0.15, -0.1) is 0 Å². The number of halogens is 2. The van der Waals surface area contributed by atoms with E-state index in [9.17, 15) is 24.3 Å². The van der Waals surface area contributed by atoms with Crippen LogP contribution in [0.15, 0.2) is 35.3 Å². The lowest BCUT2D eigenvalue weighted by molar-refractivity contribution is -0.151. The van der Waals surface area contributed by atoms with E-state index in [4.69, 9.17) is 15.2 Å². The number of guanidine groups is 1. The highest BCUT2D eigenvalue weighted by Crippen LogP contribution is 2.33. The molecule has 0 saturated carbocycles. The van der Waals surface area contributed by atoms with Crippen molar-refractivity contribution in [3.63, 3.8) is 0 Å². The Morgan fingerprint density at radius 1 is 1.00 bits per heavy atom. The van der Waals surface area contributed by atoms with Crippen LogP contribution in [0.4, 0.5) is 18.4 Å². The van der Waals surface area contributed by atoms with Crippen LogP contribution in [0.5, 0.6) is 0 Å². The van der Waals surface area contributed by atoms with Crippen molar-refractivity contribution in [1.82, 2.24) is 20.9 Å². The number of carbonyl (C=O) groups is 4. The topological polar surface area (TPSA) is 185 Å². The van der Waals surface area contributed by atoms with Crippen LogP contribution in [0.2, 0.25) is 0 Å². The second-order valence-electron chi connectivity index (χ2n) is 14.2. The first-order valence-corrected chi connectivity index (χ1v) is 16.7. The summed E-state index contributed by atoms with van der Waals surface area (Å²) in [5.74, 6) is -5.10. The molecule has 1 aromatic carbocycles. The number of carbonyl (C=O) groups excluding carboxylic acids is 4. The molecule has 1 aromatic rings. The summed E-state index contributed by atoms with van der Waals surface area (Å²) in [5, 5.41) is 18.1. The number of nitrogens with zero attached hydrogens (tertiary/aromatic N) is 2. The summed E-state index contributed by atoms with van der Waals surface area (Å²) in [7, 11) is 0. The molecule has 1 aliphatic rings. The number of nitrogens with one attached hydrogen (secondary N) is 3. The van der Waals surface area contributed by atoms with Crippen LogP contribution in [0.1, 0.15) is 92.6 Å². The molecular formula is C34H54F2N6O7. The minimum Gasteiger partial charge on any atom is -0.444 e. The molecule has 4 amide bonds. The lowest BCUT2D eigenvalue weighted by atomic mass is 9.94. The van der Waals surface area contributed by atoms with Gasteiger partial charge in [0.1, 0.15) is 17.3 Å². The summed E-state index contributed by atoms with van der Waals surface area (Å²) in [6, 6.07) is 5.93. The van der Waals surface area contributed by atoms with Crippen LogP contribution >= 0.6 is 0 Å². The molecule has 15 heteroatoms. The van der Waals surface area contributed by atoms with E-state index in [0.29, 0.717) is 6.42 Å². The zero-order chi connectivity index (χ0) is 37.0. The van der Waals surface area contributed by atoms with E-state index in [2.05, 4.69) is 20.9 Å². The number of alkyl halides is 2. The van der Waals surface area contributed by atoms with E-state index < -0.39 is 71.8 Å². The van der Waals surface area contributed by atoms with Crippen LogP contribution in [0.25, 0.3) is 0 Å². The maximum Gasteiger partial charge on any atom is 0.414 e. The van der Waals surface area contributed by atoms with Crippen LogP contribution in [-0.4, -0.2) is 94.4 Å². The number of imide groups is 1. The Kier molecular flexibility index (Phi) is 15.5. The van der Waals surface area contributed by atoms with Gasteiger partial charge < -0.3 is 20.3 Å². The van der Waals surface area contributed by atoms with Crippen LogP contribution in [0, 0.1) is 0 Å². The first-order chi connectivity index (χ1) is 22.7. The van der Waals surface area contributed by atoms with Gasteiger partial charge in [-0.1, -0.05) is 43.7 Å². The molecule has 0 spiro atoms. The summed E-state index contributed by atoms with van der Waals surface area (Å²) in [5.41, 5.74) is 5.19. The Bertz CT molecular complexity index is 1250. The molecule has 2 unspecified atom stereocenters. The minimum absolute atomic E-state index is 0.0264. The largest absolute Gasteiger partial charge is 0.444 e. The third-order valence-corrected chi connectivity index (χ3v) is 7.45. The van der Waals surface area contributed by atoms with Crippen molar-refractivity contribution in [3.8, 4) is 0 Å². The molecule has 6 N–H and O–H groups in total. The molecular weight excluding hydrogens is 642 g/mol. The van der Waals surface area contributed by atoms with E-state index in [0.717, 1.165) is 5.56 Å². The zero-order valence-corrected chi connectivity index (χ0v) is 29.7. The molecule has 2 rings (SSSR count). The molecule has 0 radical (unpaired) electrons. The predicted molar refractivity (Wildman–Crippen MR) is 181 cm³/mol. The number of amides is 4. The normalized spacial score (nSPS) is 17.3. The van der Waals surface area contributed by atoms with Crippen molar-refractivity contribution in [2.45, 2.75) is 135 Å². The number of hydrogen-bond donors (Lipinski definition) is 5. The lowest BCUT2D eigenvalue weighted by Crippen LogP contribution is -2.57. The second kappa shape index (κ2) is 18.3. The Labute approximate surface area is 287 Å². The summed E-state index contributed by atoms with van der Waals surface area (Å²) in [6.45, 7) is 11.7. The summed E-state index contributed by atoms with van der Waals surface area (Å²) in [6.07, 6.45) is -3.29. The molecule has 0 aromatic heterocycles. The van der Waals surface area contributed by atoms with Gasteiger partial charge in [0, 0.05) is 19.0 Å². The number of alkyl carbamates (subject to hydrolysis) is 2. The van der Waals surface area contributed by atoms with Crippen LogP contribution < -0.4 is 21.7 Å². The third kappa shape index (κ3) is 14.8. The molecule has 0 bridgehead atoms. The molecule has 49 heavy (non-hydrogen) atoms. The molecule has 1 saturated heterocycles. The third-order valence-electron chi connectivity index (χ3n) is 7.45. The van der Waals surface area contributed by atoms with Crippen molar-refractivity contribution in [1.29, 1.82) is 0 Å². The quantitative estimate of drug-likeness (QED) is 0.116. The summed E-state index contributed by atoms with van der Waals surface area (Å²) >= 11 is 0. The minimum atomic E-state index is -3.46. The second-order valence-corrected chi connectivity index (χ2v) is 14.2. The summed E-state index contributed by atoms with van der Waals surface area (Å²) < 4.78 is 40.8. The zero-order valence-electron chi connectivity index (χ0n) is 29.7. The van der Waals surface area contributed by atoms with Crippen molar-refractivity contribution in [2.75, 3.05) is 13.1 Å². The molecule has 4 atom stereocenters. The number of aliphatic imine (C=N–C) groups is 1. The fourth-order valence-corrected chi connectivity index (χ4v) is 5.40. The van der Waals surface area contributed by atoms with E-state index in [1.165, 1.54) is 4.90 Å². The van der Waals surface area contributed by atoms with E-state index in [1.54, 1.807) is 48.5 Å². The molecule has 1 fully saturated rings. The molecule has 1 heterocycles. The number of rotatable bonds is 13. The number of nitrogens with two attached hydrogens (primary N) is 1. The van der Waals surface area contributed by atoms with E-state index in [1.807, 2.05) is 30.3 Å². The highest BCUT2D eigenvalue weighted by molar-refractivity contribution is 6.01. The molecule has 13 nitrogen and oxygen atoms in total. The maximum absolute atomic E-state index is 15.2. The Hall–Kier alpha value is -3.69. The Morgan fingerprint density at radius 2 is 1.57 bits per heavy atom. The molecule has 0 aliphatic carbocycles. The number of hydrogen-bond acceptors (Lipinski definition) is 10. The van der Waals surface area contributed by atoms with Crippen molar-refractivity contribution < 1.29 is 42.5 Å². The average Bonchev–Trinajstić information content (AvgIpc) is 3.45. The van der Waals surface area contributed by atoms with Gasteiger partial charge in [-0.25, -0.2) is 18.4 Å². The van der Waals surface area contributed by atoms with Crippen LogP contribution in [-0.2, 0) is 25.5 Å². The van der Waals surface area contributed by atoms with Gasteiger partial charge in [0.05, 0.1) is 12.1 Å². The fourth-order valence-electron chi connectivity index (χ4n) is 5.40. The smallest absolute Gasteiger partial charge is 0.414 e. The van der Waals surface area contributed by atoms with Crippen molar-refractivity contribution in [3.05, 3.63) is 35.9 Å². The van der Waals surface area contributed by atoms with Gasteiger partial charge >= 0.3 is 12.2 Å². The molecule has 276 valence electrons. The SMILES string of the molecule is CCCC(F)(F)C(O)C(CCCN=C(NC(=O)OC(C)(C)C)NC(=O)OC(C)(C)C)N1CCC[C@H]1C(=O)NC(=O)[C@@H](N)Cc1ccccc1. The number of likely N-dealkylation sites (tertiary alicyclic amines) is 1. The van der Waals surface area contributed by atoms with Gasteiger partial charge in [-0.2, -0.15) is 0 Å². The average molecular weight is 697 g/mol. The fraction of sp³-hybridized carbons (Fsp3) is 0.676. The predicted octanol–water partition coefficient (Wildman–Crippen LogP) is 4.01. The van der Waals surface area contributed by atoms with Gasteiger partial charge in [0.15, 0.2) is 0 Å². The number of ether oxygens (including phenoxy) is 2. The van der Waals surface area contributed by atoms with Gasteiger partial charge in [0.2, 0.25) is 17.8 Å². The molecule has 1 aliphatic heterocycles. The highest BCUT2D eigenvalue weighted by atomic mass is 19.3. The van der Waals surface area contributed by atoms with Gasteiger partial charge in [-0.05, 0) is 85.8 Å². The Morgan fingerprint density at radius 3 is 2.10 bits per heavy atom. The van der Waals surface area contributed by atoms with Crippen LogP contribution in [0.3, 0.4) is 0 Å². The van der Waals surface area contributed by atoms with E-state index >= 15 is 8.78 Å². The highest BCUT2D eigenvalue weighted by Gasteiger charge is 2.47. The maximum atomic E-state index is 15.2. The Balaban J connectivity index is 2.22. The summed E-state index contributed by atoms with van der Waals surface area (Å²) in [4.78, 5) is 56.7. The first kappa shape index (κ1) is 41.5. The van der Waals surface area contributed by atoms with E-state index in [-0.39, 0.29) is 51.2 Å². The first-order valence-electron chi connectivity index (χ1n) is 16.7. The number of aliphatic hydroxyl groups excluding tert-OH is 1. The lowest BCUT2D eigenvalue weighted by Gasteiger charge is -2.38. The number of aliphatic hydroxyl groups is 1. The van der Waals surface area contributed by atoms with Gasteiger partial charge in [-0.3, -0.25) is 35.4 Å². The standard InChI is InChI=1S/C34H54F2N6O7/c1-8-18-34(35,36)26(43)24(16-12-19-38-29(40-30(46)48-32(2,3)4)41-31(47)49-33(5,6)7)42-20-13-17-25(42)28(45)39-27(44)23(37)21-22-14-10-9-11-15-22/h9-11,14-15,23-26,43H,8,12-13,16-21,37H2,1-7H3,(H,39,44,45)(H2,38,40,41,46,47)/t23-,24?,25-,26?/m0/s1.